The molecule has 0 bridgehead atoms. The largest absolute Gasteiger partial charge is 0.382 e. The quantitative estimate of drug-likeness (QED) is 0.738. The van der Waals surface area contributed by atoms with Gasteiger partial charge in [-0.15, -0.1) is 0 Å². The summed E-state index contributed by atoms with van der Waals surface area (Å²) >= 11 is 1.28. The minimum atomic E-state index is -0.352. The van der Waals surface area contributed by atoms with Gasteiger partial charge in [0.1, 0.15) is 10.7 Å². The molecule has 1 aromatic rings. The van der Waals surface area contributed by atoms with E-state index in [-0.39, 0.29) is 30.2 Å². The number of hydrogen-bond acceptors (Lipinski definition) is 6. The third kappa shape index (κ3) is 4.07. The van der Waals surface area contributed by atoms with Crippen LogP contribution in [-0.2, 0) is 4.79 Å². The first-order chi connectivity index (χ1) is 9.97. The van der Waals surface area contributed by atoms with Crippen LogP contribution in [0.3, 0.4) is 0 Å². The van der Waals surface area contributed by atoms with Gasteiger partial charge in [0.15, 0.2) is 5.13 Å². The molecule has 1 aliphatic heterocycles. The minimum Gasteiger partial charge on any atom is -0.382 e. The number of thiazole rings is 1. The summed E-state index contributed by atoms with van der Waals surface area (Å²) in [5, 5.41) is 6.06. The van der Waals surface area contributed by atoms with Crippen molar-refractivity contribution in [1.29, 1.82) is 0 Å². The van der Waals surface area contributed by atoms with Gasteiger partial charge < -0.3 is 21.3 Å². The highest BCUT2D eigenvalue weighted by molar-refractivity contribution is 7.18. The third-order valence-corrected chi connectivity index (χ3v) is 4.21. The highest BCUT2D eigenvalue weighted by Gasteiger charge is 2.21. The van der Waals surface area contributed by atoms with E-state index >= 15 is 0 Å². The van der Waals surface area contributed by atoms with E-state index < -0.39 is 0 Å². The molecule has 8 heteroatoms. The van der Waals surface area contributed by atoms with E-state index in [4.69, 9.17) is 5.73 Å². The number of nitrogens with zero attached hydrogens (tertiary/aromatic N) is 2. The van der Waals surface area contributed by atoms with E-state index in [0.717, 1.165) is 31.1 Å². The van der Waals surface area contributed by atoms with E-state index in [1.54, 1.807) is 0 Å². The fourth-order valence-electron chi connectivity index (χ4n) is 2.14. The summed E-state index contributed by atoms with van der Waals surface area (Å²) in [7, 11) is 0. The lowest BCUT2D eigenvalue weighted by atomic mass is 10.4. The second-order valence-electron chi connectivity index (χ2n) is 5.31. The average Bonchev–Trinajstić information content (AvgIpc) is 3.04. The van der Waals surface area contributed by atoms with Gasteiger partial charge in [0.05, 0.1) is 6.54 Å². The van der Waals surface area contributed by atoms with Gasteiger partial charge in [-0.3, -0.25) is 9.59 Å². The van der Waals surface area contributed by atoms with Crippen LogP contribution in [0.5, 0.6) is 0 Å². The molecular weight excluding hydrogens is 290 g/mol. The molecule has 21 heavy (non-hydrogen) atoms. The van der Waals surface area contributed by atoms with Gasteiger partial charge in [0, 0.05) is 19.1 Å². The first kappa shape index (κ1) is 15.6. The smallest absolute Gasteiger partial charge is 0.265 e. The number of nitrogen functional groups attached to an aromatic ring is 1. The zero-order chi connectivity index (χ0) is 15.4. The van der Waals surface area contributed by atoms with E-state index in [1.165, 1.54) is 11.3 Å². The molecule has 0 spiro atoms. The summed E-state index contributed by atoms with van der Waals surface area (Å²) in [6, 6.07) is 0.0460. The van der Waals surface area contributed by atoms with Crippen molar-refractivity contribution in [2.45, 2.75) is 32.7 Å². The van der Waals surface area contributed by atoms with Crippen LogP contribution in [0.2, 0.25) is 0 Å². The zero-order valence-corrected chi connectivity index (χ0v) is 13.1. The fraction of sp³-hybridized carbons (Fsp3) is 0.615. The summed E-state index contributed by atoms with van der Waals surface area (Å²) in [6.45, 7) is 5.56. The van der Waals surface area contributed by atoms with Crippen LogP contribution in [0.1, 0.15) is 36.4 Å². The van der Waals surface area contributed by atoms with Gasteiger partial charge in [0.2, 0.25) is 5.91 Å². The lowest BCUT2D eigenvalue weighted by molar-refractivity contribution is -0.120. The van der Waals surface area contributed by atoms with Gasteiger partial charge in [-0.1, -0.05) is 11.3 Å². The Balaban J connectivity index is 1.94. The molecule has 116 valence electrons. The van der Waals surface area contributed by atoms with Crippen LogP contribution in [0, 0.1) is 0 Å². The highest BCUT2D eigenvalue weighted by Crippen LogP contribution is 2.30. The topological polar surface area (TPSA) is 100 Å². The second kappa shape index (κ2) is 6.75. The third-order valence-electron chi connectivity index (χ3n) is 3.08. The number of nitrogens with one attached hydrogen (secondary N) is 2. The van der Waals surface area contributed by atoms with Crippen molar-refractivity contribution >= 4 is 34.1 Å². The first-order valence-corrected chi connectivity index (χ1v) is 7.88. The van der Waals surface area contributed by atoms with Crippen LogP contribution >= 0.6 is 11.3 Å². The Morgan fingerprint density at radius 1 is 1.38 bits per heavy atom. The molecule has 7 nitrogen and oxygen atoms in total. The molecule has 1 saturated heterocycles. The Kier molecular flexibility index (Phi) is 5.00. The predicted molar refractivity (Wildman–Crippen MR) is 83.6 cm³/mol. The Labute approximate surface area is 127 Å². The molecule has 2 heterocycles. The predicted octanol–water partition coefficient (Wildman–Crippen LogP) is 0.580. The Bertz CT molecular complexity index is 523. The molecular formula is C13H21N5O2S. The second-order valence-corrected chi connectivity index (χ2v) is 6.29. The summed E-state index contributed by atoms with van der Waals surface area (Å²) in [5.41, 5.74) is 5.81. The van der Waals surface area contributed by atoms with Gasteiger partial charge in [-0.2, -0.15) is 0 Å². The highest BCUT2D eigenvalue weighted by atomic mass is 32.1. The van der Waals surface area contributed by atoms with Crippen molar-refractivity contribution in [1.82, 2.24) is 15.6 Å². The maximum atomic E-state index is 12.1. The molecule has 1 fully saturated rings. The number of carbonyl (C=O) groups is 2. The molecule has 1 aliphatic rings. The van der Waals surface area contributed by atoms with Crippen LogP contribution in [-0.4, -0.2) is 42.5 Å². The van der Waals surface area contributed by atoms with Gasteiger partial charge >= 0.3 is 0 Å². The maximum Gasteiger partial charge on any atom is 0.265 e. The molecule has 2 amide bonds. The summed E-state index contributed by atoms with van der Waals surface area (Å²) in [4.78, 5) is 30.3. The molecule has 1 aromatic heterocycles. The van der Waals surface area contributed by atoms with Crippen LogP contribution in [0.4, 0.5) is 10.9 Å². The number of nitrogens with two attached hydrogens (primary N) is 1. The van der Waals surface area contributed by atoms with E-state index in [0.29, 0.717) is 4.88 Å². The van der Waals surface area contributed by atoms with Crippen molar-refractivity contribution in [3.63, 3.8) is 0 Å². The fourth-order valence-corrected chi connectivity index (χ4v) is 3.09. The molecule has 0 radical (unpaired) electrons. The molecule has 2 rings (SSSR count). The van der Waals surface area contributed by atoms with Gasteiger partial charge in [-0.05, 0) is 26.7 Å². The number of amides is 2. The SMILES string of the molecule is CC(C)NC(=O)CNC(=O)c1sc(N2CCCC2)nc1N. The zero-order valence-electron chi connectivity index (χ0n) is 12.3. The minimum absolute atomic E-state index is 0.0460. The van der Waals surface area contributed by atoms with Crippen molar-refractivity contribution in [3.05, 3.63) is 4.88 Å². The maximum absolute atomic E-state index is 12.1. The van der Waals surface area contributed by atoms with Crippen molar-refractivity contribution < 1.29 is 9.59 Å². The Morgan fingerprint density at radius 3 is 2.67 bits per heavy atom. The number of carbonyl (C=O) groups excluding carboxylic acids is 2. The molecule has 0 aliphatic carbocycles. The summed E-state index contributed by atoms with van der Waals surface area (Å²) in [6.07, 6.45) is 2.27. The van der Waals surface area contributed by atoms with E-state index in [2.05, 4.69) is 20.5 Å². The molecule has 4 N–H and O–H groups in total. The standard InChI is InChI=1S/C13H21N5O2S/c1-8(2)16-9(19)7-15-12(20)10-11(14)17-13(21-10)18-5-3-4-6-18/h8H,3-7,14H2,1-2H3,(H,15,20)(H,16,19). The van der Waals surface area contributed by atoms with Crippen LogP contribution < -0.4 is 21.3 Å². The molecule has 0 unspecified atom stereocenters. The van der Waals surface area contributed by atoms with Gasteiger partial charge in [-0.25, -0.2) is 4.98 Å². The van der Waals surface area contributed by atoms with E-state index in [1.807, 2.05) is 13.8 Å². The molecule has 0 aromatic carbocycles. The Hall–Kier alpha value is -1.83. The Morgan fingerprint density at radius 2 is 2.05 bits per heavy atom. The number of hydrogen-bond donors (Lipinski definition) is 3. The van der Waals surface area contributed by atoms with E-state index in [9.17, 15) is 9.59 Å². The van der Waals surface area contributed by atoms with Crippen molar-refractivity contribution in [2.75, 3.05) is 30.3 Å². The number of aromatic nitrogens is 1. The van der Waals surface area contributed by atoms with Crippen molar-refractivity contribution in [2.24, 2.45) is 0 Å². The normalized spacial score (nSPS) is 14.5. The van der Waals surface area contributed by atoms with Crippen LogP contribution in [0.15, 0.2) is 0 Å². The monoisotopic (exact) mass is 311 g/mol. The first-order valence-electron chi connectivity index (χ1n) is 7.06. The lowest BCUT2D eigenvalue weighted by Crippen LogP contribution is -2.39. The number of anilines is 2. The summed E-state index contributed by atoms with van der Waals surface area (Å²) < 4.78 is 0. The van der Waals surface area contributed by atoms with Crippen LogP contribution in [0.25, 0.3) is 0 Å². The average molecular weight is 311 g/mol. The van der Waals surface area contributed by atoms with Gasteiger partial charge in [0.25, 0.3) is 5.91 Å². The molecule has 0 saturated carbocycles. The molecule has 0 atom stereocenters. The summed E-state index contributed by atoms with van der Waals surface area (Å²) in [5.74, 6) is -0.348. The van der Waals surface area contributed by atoms with Crippen molar-refractivity contribution in [3.8, 4) is 0 Å². The lowest BCUT2D eigenvalue weighted by Gasteiger charge is -2.11. The number of rotatable bonds is 5.